The number of anilines is 1. The first-order valence-electron chi connectivity index (χ1n) is 8.15. The van der Waals surface area contributed by atoms with Crippen molar-refractivity contribution < 1.29 is 31.1 Å². The third-order valence-electron chi connectivity index (χ3n) is 4.11. The molecule has 1 aromatic rings. The normalized spacial score (nSPS) is 19.4. The van der Waals surface area contributed by atoms with Gasteiger partial charge in [-0.2, -0.15) is 18.3 Å². The van der Waals surface area contributed by atoms with Crippen LogP contribution in [0.25, 0.3) is 0 Å². The Bertz CT molecular complexity index is 800. The molecule has 1 saturated heterocycles. The van der Waals surface area contributed by atoms with Crippen LogP contribution in [0, 0.1) is 5.82 Å². The Labute approximate surface area is 166 Å². The number of likely N-dealkylation sites (tertiary alicyclic amines) is 1. The van der Waals surface area contributed by atoms with Crippen LogP contribution in [0.5, 0.6) is 0 Å². The predicted octanol–water partition coefficient (Wildman–Crippen LogP) is 3.11. The first-order valence-corrected chi connectivity index (χ1v) is 9.14. The molecular formula is C16H17F6N5OS. The number of hydrogen-bond donors (Lipinski definition) is 2. The number of carbonyl (C=O) groups is 1. The minimum atomic E-state index is -4.76. The summed E-state index contributed by atoms with van der Waals surface area (Å²) in [6.07, 6.45) is -5.40. The number of nitrogens with zero attached hydrogens (tertiary/aromatic N) is 3. The SMILES string of the molecule is C=N/N=C(\SCNC[C@H]1N(C(=O)c2cc(F)ccc2N)CCC1(F)F)C(F)(F)F. The van der Waals surface area contributed by atoms with Gasteiger partial charge < -0.3 is 16.0 Å². The zero-order valence-corrected chi connectivity index (χ0v) is 15.7. The van der Waals surface area contributed by atoms with Crippen LogP contribution in [0.15, 0.2) is 28.4 Å². The van der Waals surface area contributed by atoms with E-state index >= 15 is 0 Å². The van der Waals surface area contributed by atoms with Gasteiger partial charge in [0, 0.05) is 37.8 Å². The molecule has 0 bridgehead atoms. The van der Waals surface area contributed by atoms with Gasteiger partial charge in [-0.1, -0.05) is 11.8 Å². The zero-order valence-electron chi connectivity index (χ0n) is 14.8. The minimum Gasteiger partial charge on any atom is -0.398 e. The molecule has 1 amide bonds. The molecule has 0 radical (unpaired) electrons. The van der Waals surface area contributed by atoms with Crippen molar-refractivity contribution in [2.75, 3.05) is 24.7 Å². The van der Waals surface area contributed by atoms with Crippen LogP contribution in [-0.2, 0) is 0 Å². The molecule has 1 atom stereocenters. The third kappa shape index (κ3) is 5.63. The highest BCUT2D eigenvalue weighted by Gasteiger charge is 2.50. The van der Waals surface area contributed by atoms with Crippen molar-refractivity contribution in [2.45, 2.75) is 24.6 Å². The third-order valence-corrected chi connectivity index (χ3v) is 5.04. The lowest BCUT2D eigenvalue weighted by atomic mass is 10.1. The van der Waals surface area contributed by atoms with Gasteiger partial charge in [0.1, 0.15) is 11.9 Å². The van der Waals surface area contributed by atoms with Crippen LogP contribution in [0.4, 0.5) is 32.0 Å². The number of amides is 1. The quantitative estimate of drug-likeness (QED) is 0.135. The Hall–Kier alpha value is -2.28. The summed E-state index contributed by atoms with van der Waals surface area (Å²) in [5.74, 6) is -5.33. The summed E-state index contributed by atoms with van der Waals surface area (Å²) in [5.41, 5.74) is 5.31. The van der Waals surface area contributed by atoms with E-state index in [1.54, 1.807) is 0 Å². The van der Waals surface area contributed by atoms with Gasteiger partial charge in [0.2, 0.25) is 5.04 Å². The van der Waals surface area contributed by atoms with Crippen molar-refractivity contribution in [3.05, 3.63) is 29.6 Å². The summed E-state index contributed by atoms with van der Waals surface area (Å²) in [4.78, 5) is 13.4. The second-order valence-electron chi connectivity index (χ2n) is 6.04. The Morgan fingerprint density at radius 3 is 2.72 bits per heavy atom. The van der Waals surface area contributed by atoms with Crippen molar-refractivity contribution in [3.63, 3.8) is 0 Å². The molecule has 1 aliphatic heterocycles. The molecule has 29 heavy (non-hydrogen) atoms. The average Bonchev–Trinajstić information content (AvgIpc) is 2.92. The Balaban J connectivity index is 2.07. The topological polar surface area (TPSA) is 83.1 Å². The number of nitrogens with two attached hydrogens (primary N) is 1. The first kappa shape index (κ1) is 23.0. The van der Waals surface area contributed by atoms with E-state index in [0.29, 0.717) is 0 Å². The van der Waals surface area contributed by atoms with Gasteiger partial charge in [-0.3, -0.25) is 4.79 Å². The molecule has 2 rings (SSSR count). The fraction of sp³-hybridized carbons (Fsp3) is 0.438. The highest BCUT2D eigenvalue weighted by molar-refractivity contribution is 8.14. The lowest BCUT2D eigenvalue weighted by Crippen LogP contribution is -2.48. The fourth-order valence-corrected chi connectivity index (χ4v) is 3.37. The summed E-state index contributed by atoms with van der Waals surface area (Å²) in [7, 11) is 0. The molecule has 0 aliphatic carbocycles. The smallest absolute Gasteiger partial charge is 0.398 e. The average molecular weight is 441 g/mol. The molecule has 160 valence electrons. The summed E-state index contributed by atoms with van der Waals surface area (Å²) < 4.78 is 80.0. The molecule has 13 heteroatoms. The number of rotatable bonds is 6. The summed E-state index contributed by atoms with van der Waals surface area (Å²) >= 11 is 0.209. The molecule has 1 heterocycles. The first-order chi connectivity index (χ1) is 13.5. The van der Waals surface area contributed by atoms with Crippen LogP contribution in [-0.4, -0.2) is 59.7 Å². The zero-order chi connectivity index (χ0) is 21.8. The number of benzene rings is 1. The fourth-order valence-electron chi connectivity index (χ4n) is 2.74. The summed E-state index contributed by atoms with van der Waals surface area (Å²) in [6, 6.07) is 1.38. The number of nitrogen functional groups attached to an aromatic ring is 1. The monoisotopic (exact) mass is 441 g/mol. The van der Waals surface area contributed by atoms with Gasteiger partial charge in [-0.25, -0.2) is 13.2 Å². The highest BCUT2D eigenvalue weighted by atomic mass is 32.2. The van der Waals surface area contributed by atoms with E-state index in [-0.39, 0.29) is 29.6 Å². The molecule has 0 spiro atoms. The number of alkyl halides is 5. The van der Waals surface area contributed by atoms with E-state index in [1.165, 1.54) is 0 Å². The largest absolute Gasteiger partial charge is 0.441 e. The number of nitrogens with one attached hydrogen (secondary N) is 1. The maximum atomic E-state index is 14.2. The number of hydrogen-bond acceptors (Lipinski definition) is 6. The molecular weight excluding hydrogens is 424 g/mol. The minimum absolute atomic E-state index is 0.0724. The van der Waals surface area contributed by atoms with Crippen molar-refractivity contribution in [1.82, 2.24) is 10.2 Å². The standard InChI is InChI=1S/C16H17F6N5OS/c1-24-26-14(16(20,21)22)29-8-25-7-12-15(18,19)4-5-27(12)13(28)10-6-9(17)2-3-11(10)23/h2-3,6,12,25H,1,4-5,7-8,23H2/b26-14-/t12-/m1/s1. The van der Waals surface area contributed by atoms with Gasteiger partial charge in [-0.05, 0) is 18.2 Å². The number of halogens is 6. The number of carbonyl (C=O) groups excluding carboxylic acids is 1. The number of thioether (sulfide) groups is 1. The molecule has 0 unspecified atom stereocenters. The molecule has 6 nitrogen and oxygen atoms in total. The van der Waals surface area contributed by atoms with Crippen LogP contribution in [0.1, 0.15) is 16.8 Å². The lowest BCUT2D eigenvalue weighted by Gasteiger charge is -2.28. The van der Waals surface area contributed by atoms with E-state index in [2.05, 4.69) is 22.2 Å². The molecule has 1 fully saturated rings. The maximum absolute atomic E-state index is 14.2. The summed E-state index contributed by atoms with van der Waals surface area (Å²) in [6.45, 7) is 2.04. The van der Waals surface area contributed by atoms with E-state index in [0.717, 1.165) is 23.1 Å². The van der Waals surface area contributed by atoms with Crippen molar-refractivity contribution in [1.29, 1.82) is 0 Å². The molecule has 0 aromatic heterocycles. The van der Waals surface area contributed by atoms with E-state index in [1.807, 2.05) is 0 Å². The van der Waals surface area contributed by atoms with E-state index in [9.17, 15) is 31.1 Å². The molecule has 3 N–H and O–H groups in total. The van der Waals surface area contributed by atoms with Crippen LogP contribution in [0.2, 0.25) is 0 Å². The van der Waals surface area contributed by atoms with Crippen LogP contribution in [0.3, 0.4) is 0 Å². The van der Waals surface area contributed by atoms with Gasteiger partial charge in [0.05, 0.1) is 5.56 Å². The van der Waals surface area contributed by atoms with E-state index in [4.69, 9.17) is 5.73 Å². The van der Waals surface area contributed by atoms with Crippen LogP contribution < -0.4 is 11.1 Å². The maximum Gasteiger partial charge on any atom is 0.441 e. The van der Waals surface area contributed by atoms with Crippen LogP contribution >= 0.6 is 11.8 Å². The predicted molar refractivity (Wildman–Crippen MR) is 98.7 cm³/mol. The Kier molecular flexibility index (Phi) is 7.16. The van der Waals surface area contributed by atoms with Crippen molar-refractivity contribution >= 4 is 35.1 Å². The van der Waals surface area contributed by atoms with Gasteiger partial charge in [-0.15, -0.1) is 5.10 Å². The van der Waals surface area contributed by atoms with Gasteiger partial charge >= 0.3 is 6.18 Å². The highest BCUT2D eigenvalue weighted by Crippen LogP contribution is 2.35. The molecule has 1 aromatic carbocycles. The van der Waals surface area contributed by atoms with Crippen molar-refractivity contribution in [2.24, 2.45) is 10.2 Å². The summed E-state index contributed by atoms with van der Waals surface area (Å²) in [5, 5.41) is 6.83. The second-order valence-corrected chi connectivity index (χ2v) is 7.01. The van der Waals surface area contributed by atoms with Crippen molar-refractivity contribution in [3.8, 4) is 0 Å². The van der Waals surface area contributed by atoms with Gasteiger partial charge in [0.15, 0.2) is 0 Å². The van der Waals surface area contributed by atoms with Gasteiger partial charge in [0.25, 0.3) is 11.8 Å². The van der Waals surface area contributed by atoms with E-state index < -0.39 is 53.8 Å². The second kappa shape index (κ2) is 9.03. The lowest BCUT2D eigenvalue weighted by molar-refractivity contribution is -0.0556. The Morgan fingerprint density at radius 1 is 1.41 bits per heavy atom. The molecule has 1 aliphatic rings. The Morgan fingerprint density at radius 2 is 2.10 bits per heavy atom. The molecule has 0 saturated carbocycles.